The molecule has 0 amide bonds. The zero-order chi connectivity index (χ0) is 20.6. The van der Waals surface area contributed by atoms with Crippen LogP contribution < -0.4 is 4.72 Å². The van der Waals surface area contributed by atoms with Crippen LogP contribution in [0.15, 0.2) is 32.5 Å². The van der Waals surface area contributed by atoms with Crippen LogP contribution in [0.25, 0.3) is 0 Å². The van der Waals surface area contributed by atoms with Crippen LogP contribution in [-0.4, -0.2) is 55.7 Å². The first kappa shape index (κ1) is 22.4. The van der Waals surface area contributed by atoms with Gasteiger partial charge in [0.05, 0.1) is 16.8 Å². The molecule has 12 heteroatoms. The van der Waals surface area contributed by atoms with Crippen LogP contribution in [-0.2, 0) is 27.6 Å². The summed E-state index contributed by atoms with van der Waals surface area (Å²) < 4.78 is 48.5. The van der Waals surface area contributed by atoms with E-state index in [1.54, 1.807) is 12.1 Å². The van der Waals surface area contributed by atoms with Gasteiger partial charge in [-0.1, -0.05) is 16.4 Å². The van der Waals surface area contributed by atoms with Crippen molar-refractivity contribution >= 4 is 31.7 Å². The lowest BCUT2D eigenvalue weighted by molar-refractivity contribution is 0.146. The number of nitrogens with one attached hydrogen (secondary N) is 1. The highest BCUT2D eigenvalue weighted by molar-refractivity contribution is 9.10. The predicted molar refractivity (Wildman–Crippen MR) is 102 cm³/mol. The smallest absolute Gasteiger partial charge is 0.213 e. The van der Waals surface area contributed by atoms with Gasteiger partial charge in [-0.25, -0.2) is 22.2 Å². The van der Waals surface area contributed by atoms with Crippen molar-refractivity contribution in [1.82, 2.24) is 15.0 Å². The van der Waals surface area contributed by atoms with Crippen LogP contribution in [0.2, 0.25) is 0 Å². The van der Waals surface area contributed by atoms with Gasteiger partial charge in [0.1, 0.15) is 17.2 Å². The molecule has 0 aliphatic carbocycles. The van der Waals surface area contributed by atoms with Crippen molar-refractivity contribution < 1.29 is 27.4 Å². The van der Waals surface area contributed by atoms with E-state index in [0.717, 1.165) is 0 Å². The molecule has 1 aromatic heterocycles. The maximum absolute atomic E-state index is 13.4. The molecular formula is C16H20BrFN4O5S. The quantitative estimate of drug-likeness (QED) is 0.218. The molecule has 154 valence electrons. The molecule has 0 radical (unpaired) electrons. The standard InChI is InChI=1S/C16H20BrFN4O5S/c1-19-28(24,25)8-7-26-6-2-3-14-16(22-27-21-14)15(20-23)10-11-4-5-13(18)12(17)9-11/h4-5,9,19,23H,2-3,6-8,10H2,1H3/b20-15+. The second-order valence-electron chi connectivity index (χ2n) is 5.77. The third-order valence-corrected chi connectivity index (χ3v) is 5.75. The SMILES string of the molecule is CNS(=O)(=O)CCOCCCc1nonc1/C(Cc1ccc(F)c(Br)c1)=N/O. The van der Waals surface area contributed by atoms with Gasteiger partial charge in [-0.2, -0.15) is 0 Å². The highest BCUT2D eigenvalue weighted by Crippen LogP contribution is 2.19. The zero-order valence-corrected chi connectivity index (χ0v) is 17.5. The van der Waals surface area contributed by atoms with E-state index >= 15 is 0 Å². The number of hydrogen-bond acceptors (Lipinski definition) is 8. The number of sulfonamides is 1. The number of rotatable bonds is 11. The molecule has 2 N–H and O–H groups in total. The molecule has 0 aliphatic rings. The molecule has 0 unspecified atom stereocenters. The lowest BCUT2D eigenvalue weighted by Gasteiger charge is -2.06. The van der Waals surface area contributed by atoms with Crippen molar-refractivity contribution in [1.29, 1.82) is 0 Å². The van der Waals surface area contributed by atoms with E-state index in [-0.39, 0.29) is 24.5 Å². The van der Waals surface area contributed by atoms with Crippen LogP contribution in [0.1, 0.15) is 23.4 Å². The summed E-state index contributed by atoms with van der Waals surface area (Å²) in [5, 5.41) is 20.2. The molecule has 0 aliphatic heterocycles. The van der Waals surface area contributed by atoms with Crippen LogP contribution in [0, 0.1) is 5.82 Å². The average molecular weight is 479 g/mol. The van der Waals surface area contributed by atoms with Crippen molar-refractivity contribution in [3.05, 3.63) is 45.4 Å². The Morgan fingerprint density at radius 3 is 2.86 bits per heavy atom. The highest BCUT2D eigenvalue weighted by atomic mass is 79.9. The number of benzene rings is 1. The zero-order valence-electron chi connectivity index (χ0n) is 15.1. The van der Waals surface area contributed by atoms with Crippen molar-refractivity contribution in [2.75, 3.05) is 26.0 Å². The van der Waals surface area contributed by atoms with Gasteiger partial charge in [-0.3, -0.25) is 0 Å². The monoisotopic (exact) mass is 478 g/mol. The maximum Gasteiger partial charge on any atom is 0.213 e. The number of ether oxygens (including phenoxy) is 1. The van der Waals surface area contributed by atoms with E-state index in [1.165, 1.54) is 13.1 Å². The summed E-state index contributed by atoms with van der Waals surface area (Å²) in [6, 6.07) is 4.47. The summed E-state index contributed by atoms with van der Waals surface area (Å²) in [7, 11) is -1.94. The lowest BCUT2D eigenvalue weighted by Crippen LogP contribution is -2.24. The summed E-state index contributed by atoms with van der Waals surface area (Å²) in [4.78, 5) is 0. The van der Waals surface area contributed by atoms with E-state index in [1.807, 2.05) is 0 Å². The maximum atomic E-state index is 13.4. The Balaban J connectivity index is 1.89. The number of nitrogens with zero attached hydrogens (tertiary/aromatic N) is 3. The molecule has 0 bridgehead atoms. The molecule has 0 fully saturated rings. The molecule has 2 aromatic rings. The van der Waals surface area contributed by atoms with Gasteiger partial charge in [0, 0.05) is 13.0 Å². The van der Waals surface area contributed by atoms with Gasteiger partial charge in [0.15, 0.2) is 5.69 Å². The number of halogens is 2. The minimum Gasteiger partial charge on any atom is -0.411 e. The van der Waals surface area contributed by atoms with Crippen LogP contribution in [0.5, 0.6) is 0 Å². The fourth-order valence-electron chi connectivity index (χ4n) is 2.31. The summed E-state index contributed by atoms with van der Waals surface area (Å²) in [6.45, 7) is 0.401. The minimum absolute atomic E-state index is 0.0793. The van der Waals surface area contributed by atoms with Crippen LogP contribution >= 0.6 is 15.9 Å². The number of aromatic nitrogens is 2. The molecule has 2 rings (SSSR count). The van der Waals surface area contributed by atoms with Gasteiger partial charge < -0.3 is 9.94 Å². The number of oxime groups is 1. The topological polar surface area (TPSA) is 127 Å². The molecule has 1 aromatic carbocycles. The number of hydrogen-bond donors (Lipinski definition) is 2. The van der Waals surface area contributed by atoms with Crippen LogP contribution in [0.4, 0.5) is 4.39 Å². The summed E-state index contributed by atoms with van der Waals surface area (Å²) >= 11 is 3.11. The molecule has 0 saturated carbocycles. The van der Waals surface area contributed by atoms with E-state index in [9.17, 15) is 18.0 Å². The van der Waals surface area contributed by atoms with Crippen molar-refractivity contribution in [3.63, 3.8) is 0 Å². The second-order valence-corrected chi connectivity index (χ2v) is 8.67. The molecular weight excluding hydrogens is 459 g/mol. The Morgan fingerprint density at radius 1 is 1.39 bits per heavy atom. The summed E-state index contributed by atoms with van der Waals surface area (Å²) in [5.74, 6) is -0.507. The Kier molecular flexibility index (Phi) is 8.48. The van der Waals surface area contributed by atoms with Crippen molar-refractivity contribution in [3.8, 4) is 0 Å². The van der Waals surface area contributed by atoms with Crippen LogP contribution in [0.3, 0.4) is 0 Å². The molecule has 9 nitrogen and oxygen atoms in total. The van der Waals surface area contributed by atoms with E-state index in [2.05, 4.69) is 36.1 Å². The van der Waals surface area contributed by atoms with E-state index in [0.29, 0.717) is 40.9 Å². The average Bonchev–Trinajstić information content (AvgIpc) is 3.13. The first-order valence-corrected chi connectivity index (χ1v) is 10.8. The van der Waals surface area contributed by atoms with Crippen molar-refractivity contribution in [2.45, 2.75) is 19.3 Å². The Labute approximate surface area is 170 Å². The lowest BCUT2D eigenvalue weighted by atomic mass is 10.0. The van der Waals surface area contributed by atoms with Gasteiger partial charge >= 0.3 is 0 Å². The van der Waals surface area contributed by atoms with Crippen molar-refractivity contribution in [2.24, 2.45) is 5.16 Å². The number of aryl methyl sites for hydroxylation is 1. The molecule has 1 heterocycles. The van der Waals surface area contributed by atoms with Gasteiger partial charge in [-0.05, 0) is 58.7 Å². The molecule has 0 atom stereocenters. The first-order valence-electron chi connectivity index (χ1n) is 8.32. The van der Waals surface area contributed by atoms with E-state index in [4.69, 9.17) is 9.37 Å². The Morgan fingerprint density at radius 2 is 2.18 bits per heavy atom. The molecule has 0 saturated heterocycles. The minimum atomic E-state index is -3.29. The predicted octanol–water partition coefficient (Wildman–Crippen LogP) is 1.89. The van der Waals surface area contributed by atoms with E-state index < -0.39 is 15.8 Å². The fourth-order valence-corrected chi connectivity index (χ4v) is 3.28. The largest absolute Gasteiger partial charge is 0.411 e. The van der Waals surface area contributed by atoms with Gasteiger partial charge in [0.2, 0.25) is 10.0 Å². The normalized spacial score (nSPS) is 12.5. The second kappa shape index (κ2) is 10.6. The highest BCUT2D eigenvalue weighted by Gasteiger charge is 2.18. The first-order chi connectivity index (χ1) is 13.4. The Bertz CT molecular complexity index is 920. The molecule has 28 heavy (non-hydrogen) atoms. The summed E-state index contributed by atoms with van der Waals surface area (Å²) in [5.41, 5.74) is 1.74. The van der Waals surface area contributed by atoms with Gasteiger partial charge in [0.25, 0.3) is 0 Å². The third kappa shape index (κ3) is 6.62. The van der Waals surface area contributed by atoms with Gasteiger partial charge in [-0.15, -0.1) is 0 Å². The third-order valence-electron chi connectivity index (χ3n) is 3.82. The Hall–Kier alpha value is -1.89. The molecule has 0 spiro atoms. The summed E-state index contributed by atoms with van der Waals surface area (Å²) in [6.07, 6.45) is 1.18. The fraction of sp³-hybridized carbons (Fsp3) is 0.438.